The van der Waals surface area contributed by atoms with Crippen LogP contribution in [-0.4, -0.2) is 5.52 Å². The van der Waals surface area contributed by atoms with Gasteiger partial charge < -0.3 is 0 Å². The second-order valence-electron chi connectivity index (χ2n) is 1.92. The van der Waals surface area contributed by atoms with E-state index in [0.29, 0.717) is 5.56 Å². The van der Waals surface area contributed by atoms with E-state index in [4.69, 9.17) is 0 Å². The van der Waals surface area contributed by atoms with Crippen molar-refractivity contribution in [1.29, 1.82) is 0 Å². The second kappa shape index (κ2) is 4.33. The van der Waals surface area contributed by atoms with Crippen molar-refractivity contribution in [3.8, 4) is 0 Å². The predicted molar refractivity (Wildman–Crippen MR) is 48.1 cm³/mol. The lowest BCUT2D eigenvalue weighted by Gasteiger charge is -1.89. The molecule has 56 valence electrons. The number of benzene rings is 1. The largest absolute Gasteiger partial charge is 0.346 e. The van der Waals surface area contributed by atoms with Crippen molar-refractivity contribution in [1.82, 2.24) is 0 Å². The van der Waals surface area contributed by atoms with Crippen LogP contribution in [0.5, 0.6) is 0 Å². The minimum atomic E-state index is -0.508. The van der Waals surface area contributed by atoms with Crippen molar-refractivity contribution in [2.45, 2.75) is 0 Å². The molecule has 2 nitrogen and oxygen atoms in total. The lowest BCUT2D eigenvalue weighted by Crippen LogP contribution is -1.86. The van der Waals surface area contributed by atoms with Crippen LogP contribution in [0.2, 0.25) is 0 Å². The smallest absolute Gasteiger partial charge is 0.284 e. The van der Waals surface area contributed by atoms with Gasteiger partial charge in [0.05, 0.1) is 0 Å². The molecule has 1 aromatic rings. The lowest BCUT2D eigenvalue weighted by molar-refractivity contribution is 0.108. The number of carbonyl (C=O) groups excluding carboxylic acids is 1. The van der Waals surface area contributed by atoms with Gasteiger partial charge in [0.1, 0.15) is 0 Å². The van der Waals surface area contributed by atoms with Crippen LogP contribution in [0.15, 0.2) is 30.3 Å². The van der Waals surface area contributed by atoms with E-state index < -0.39 is 8.15 Å². The number of hydrogen-bond acceptors (Lipinski definition) is 2. The Hall–Kier alpha value is -0.580. The van der Waals surface area contributed by atoms with Crippen molar-refractivity contribution in [3.63, 3.8) is 0 Å². The molecule has 0 aliphatic carbocycles. The van der Waals surface area contributed by atoms with Gasteiger partial charge in [-0.25, -0.2) is 0 Å². The van der Waals surface area contributed by atoms with Crippen LogP contribution in [0.25, 0.3) is 0 Å². The van der Waals surface area contributed by atoms with E-state index in [1.165, 1.54) is 0 Å². The molecule has 0 aliphatic heterocycles. The number of rotatable bonds is 3. The summed E-state index contributed by atoms with van der Waals surface area (Å²) in [5.41, 5.74) is 0.619. The van der Waals surface area contributed by atoms with Crippen LogP contribution in [0.4, 0.5) is 0 Å². The summed E-state index contributed by atoms with van der Waals surface area (Å²) in [5, 5.41) is 0. The SMILES string of the molecule is O=[PH+]PC(=O)c1ccccc1. The first kappa shape index (κ1) is 8.52. The van der Waals surface area contributed by atoms with Gasteiger partial charge in [0.15, 0.2) is 0 Å². The summed E-state index contributed by atoms with van der Waals surface area (Å²) >= 11 is 0. The average Bonchev–Trinajstić information content (AvgIpc) is 2.07. The maximum Gasteiger partial charge on any atom is 0.346 e. The fourth-order valence-corrected chi connectivity index (χ4v) is 1.82. The third kappa shape index (κ3) is 2.49. The molecule has 0 saturated carbocycles. The first-order chi connectivity index (χ1) is 5.34. The van der Waals surface area contributed by atoms with Gasteiger partial charge in [0.25, 0.3) is 0 Å². The van der Waals surface area contributed by atoms with Gasteiger partial charge in [-0.2, -0.15) is 0 Å². The Morgan fingerprint density at radius 3 is 2.45 bits per heavy atom. The highest BCUT2D eigenvalue weighted by molar-refractivity contribution is 8.14. The second-order valence-corrected chi connectivity index (χ2v) is 4.19. The summed E-state index contributed by atoms with van der Waals surface area (Å²) < 4.78 is 10.1. The Labute approximate surface area is 67.9 Å². The average molecular weight is 185 g/mol. The molecule has 4 heteroatoms. The molecule has 0 heterocycles. The molecule has 0 bridgehead atoms. The maximum absolute atomic E-state index is 11.1. The van der Waals surface area contributed by atoms with E-state index in [0.717, 1.165) is 0 Å². The number of hydrogen-bond donors (Lipinski definition) is 0. The van der Waals surface area contributed by atoms with Crippen molar-refractivity contribution < 1.29 is 9.36 Å². The molecule has 0 aromatic heterocycles. The highest BCUT2D eigenvalue weighted by Crippen LogP contribution is 2.30. The highest BCUT2D eigenvalue weighted by atomic mass is 32.0. The molecular weight excluding hydrogens is 178 g/mol. The van der Waals surface area contributed by atoms with Crippen LogP contribution >= 0.6 is 16.4 Å². The summed E-state index contributed by atoms with van der Waals surface area (Å²) in [7, 11) is -0.609. The maximum atomic E-state index is 11.1. The summed E-state index contributed by atoms with van der Waals surface area (Å²) in [4.78, 5) is 11.1. The van der Waals surface area contributed by atoms with Crippen LogP contribution < -0.4 is 0 Å². The lowest BCUT2D eigenvalue weighted by atomic mass is 10.2. The van der Waals surface area contributed by atoms with Crippen molar-refractivity contribution in [3.05, 3.63) is 35.9 Å². The molecule has 0 aliphatic rings. The Bertz CT molecular complexity index is 258. The summed E-state index contributed by atoms with van der Waals surface area (Å²) in [6, 6.07) is 8.90. The molecular formula is C7H7O2P2+. The quantitative estimate of drug-likeness (QED) is 0.677. The van der Waals surface area contributed by atoms with Crippen molar-refractivity contribution in [2.75, 3.05) is 0 Å². The molecule has 0 N–H and O–H groups in total. The van der Waals surface area contributed by atoms with Gasteiger partial charge in [-0.1, -0.05) is 34.9 Å². The highest BCUT2D eigenvalue weighted by Gasteiger charge is 2.08. The molecule has 1 aromatic carbocycles. The molecule has 2 atom stereocenters. The molecule has 0 radical (unpaired) electrons. The minimum Gasteiger partial charge on any atom is -0.284 e. The molecule has 1 rings (SSSR count). The van der Waals surface area contributed by atoms with Gasteiger partial charge in [0.2, 0.25) is 13.8 Å². The van der Waals surface area contributed by atoms with E-state index >= 15 is 0 Å². The first-order valence-corrected chi connectivity index (χ1v) is 5.98. The zero-order valence-electron chi connectivity index (χ0n) is 5.70. The van der Waals surface area contributed by atoms with Crippen molar-refractivity contribution >= 4 is 21.9 Å². The van der Waals surface area contributed by atoms with Gasteiger partial charge in [-0.3, -0.25) is 4.79 Å². The normalized spacial score (nSPS) is 10.9. The molecule has 0 fully saturated rings. The fourth-order valence-electron chi connectivity index (χ4n) is 0.708. The van der Waals surface area contributed by atoms with E-state index in [1.807, 2.05) is 6.07 Å². The van der Waals surface area contributed by atoms with E-state index in [-0.39, 0.29) is 13.8 Å². The molecule has 11 heavy (non-hydrogen) atoms. The standard InChI is InChI=1S/C7H6O2P2/c8-7(10-11-9)6-4-2-1-3-5-6/h1-5,10H/p+1. The Morgan fingerprint density at radius 1 is 1.27 bits per heavy atom. The van der Waals surface area contributed by atoms with Gasteiger partial charge in [-0.15, -0.1) is 0 Å². The summed E-state index contributed by atoms with van der Waals surface area (Å²) in [6.45, 7) is 0. The van der Waals surface area contributed by atoms with Crippen LogP contribution in [0.3, 0.4) is 0 Å². The Morgan fingerprint density at radius 2 is 1.91 bits per heavy atom. The molecule has 0 saturated heterocycles. The minimum absolute atomic E-state index is 0.0288. The van der Waals surface area contributed by atoms with Gasteiger partial charge >= 0.3 is 8.15 Å². The molecule has 0 amide bonds. The summed E-state index contributed by atoms with van der Waals surface area (Å²) in [5.74, 6) is 0. The third-order valence-electron chi connectivity index (χ3n) is 1.20. The zero-order valence-corrected chi connectivity index (χ0v) is 7.70. The fraction of sp³-hybridized carbons (Fsp3) is 0. The van der Waals surface area contributed by atoms with E-state index in [9.17, 15) is 9.36 Å². The number of carbonyl (C=O) groups is 1. The molecule has 0 spiro atoms. The monoisotopic (exact) mass is 185 g/mol. The summed E-state index contributed by atoms with van der Waals surface area (Å²) in [6.07, 6.45) is 0. The van der Waals surface area contributed by atoms with Gasteiger partial charge in [0, 0.05) is 5.56 Å². The zero-order chi connectivity index (χ0) is 8.10. The topological polar surface area (TPSA) is 34.1 Å². The molecule has 2 unspecified atom stereocenters. The first-order valence-electron chi connectivity index (χ1n) is 3.07. The third-order valence-corrected chi connectivity index (χ3v) is 2.81. The van der Waals surface area contributed by atoms with Crippen molar-refractivity contribution in [2.24, 2.45) is 0 Å². The van der Waals surface area contributed by atoms with Crippen LogP contribution in [-0.2, 0) is 4.57 Å². The van der Waals surface area contributed by atoms with E-state index in [1.54, 1.807) is 24.3 Å². The van der Waals surface area contributed by atoms with Crippen LogP contribution in [0, 0.1) is 0 Å². The Balaban J connectivity index is 2.77. The Kier molecular flexibility index (Phi) is 3.35. The van der Waals surface area contributed by atoms with Gasteiger partial charge in [-0.05, 0) is 0 Å². The van der Waals surface area contributed by atoms with Crippen LogP contribution in [0.1, 0.15) is 10.4 Å². The van der Waals surface area contributed by atoms with E-state index in [2.05, 4.69) is 0 Å². The predicted octanol–water partition coefficient (Wildman–Crippen LogP) is 2.44.